The van der Waals surface area contributed by atoms with Crippen molar-refractivity contribution in [2.24, 2.45) is 0 Å². The van der Waals surface area contributed by atoms with Crippen molar-refractivity contribution in [2.75, 3.05) is 32.1 Å². The number of aromatic nitrogens is 1. The molecule has 1 aliphatic heterocycles. The number of benzene rings is 2. The molecule has 146 valence electrons. The van der Waals surface area contributed by atoms with E-state index in [2.05, 4.69) is 34.4 Å². The molecule has 0 atom stereocenters. The van der Waals surface area contributed by atoms with E-state index >= 15 is 0 Å². The number of halogens is 1. The number of hydrogen-bond donors (Lipinski definition) is 2. The minimum atomic E-state index is -0.0401. The number of methoxy groups -OCH3 is 1. The van der Waals surface area contributed by atoms with Crippen LogP contribution in [0.3, 0.4) is 0 Å². The van der Waals surface area contributed by atoms with Crippen LogP contribution in [0.15, 0.2) is 42.6 Å². The number of anilines is 1. The summed E-state index contributed by atoms with van der Waals surface area (Å²) in [5, 5.41) is 14.8. The van der Waals surface area contributed by atoms with Gasteiger partial charge in [0, 0.05) is 30.4 Å². The van der Waals surface area contributed by atoms with Gasteiger partial charge in [-0.25, -0.2) is 0 Å². The molecule has 0 saturated carbocycles. The van der Waals surface area contributed by atoms with Gasteiger partial charge in [-0.1, -0.05) is 17.7 Å². The van der Waals surface area contributed by atoms with Crippen molar-refractivity contribution < 1.29 is 9.84 Å². The predicted molar refractivity (Wildman–Crippen MR) is 115 cm³/mol. The molecule has 2 N–H and O–H groups in total. The topological polar surface area (TPSA) is 57.6 Å². The largest absolute Gasteiger partial charge is 0.503 e. The minimum Gasteiger partial charge on any atom is -0.503 e. The van der Waals surface area contributed by atoms with Gasteiger partial charge in [0.25, 0.3) is 0 Å². The predicted octanol–water partition coefficient (Wildman–Crippen LogP) is 4.46. The van der Waals surface area contributed by atoms with Crippen molar-refractivity contribution in [1.29, 1.82) is 0 Å². The van der Waals surface area contributed by atoms with Crippen LogP contribution in [-0.2, 0) is 0 Å². The van der Waals surface area contributed by atoms with E-state index in [4.69, 9.17) is 16.3 Å². The van der Waals surface area contributed by atoms with Gasteiger partial charge < -0.3 is 20.1 Å². The number of aromatic hydroxyl groups is 1. The number of nitrogens with zero attached hydrogens (tertiary/aromatic N) is 2. The Kier molecular flexibility index (Phi) is 5.29. The molecule has 1 saturated heterocycles. The van der Waals surface area contributed by atoms with Gasteiger partial charge >= 0.3 is 0 Å². The molecular formula is C22H24ClN3O2. The summed E-state index contributed by atoms with van der Waals surface area (Å²) in [5.41, 5.74) is 4.02. The number of hydrogen-bond acceptors (Lipinski definition) is 5. The maximum Gasteiger partial charge on any atom is 0.176 e. The molecule has 5 nitrogen and oxygen atoms in total. The van der Waals surface area contributed by atoms with Crippen molar-refractivity contribution in [3.8, 4) is 22.6 Å². The Morgan fingerprint density at radius 2 is 1.93 bits per heavy atom. The maximum absolute atomic E-state index is 10.0. The number of pyridine rings is 1. The van der Waals surface area contributed by atoms with Gasteiger partial charge in [-0.3, -0.25) is 4.98 Å². The molecule has 1 aliphatic rings. The Bertz CT molecular complexity index is 1000. The first kappa shape index (κ1) is 18.8. The maximum atomic E-state index is 10.0. The van der Waals surface area contributed by atoms with E-state index in [1.165, 1.54) is 12.8 Å². The smallest absolute Gasteiger partial charge is 0.176 e. The number of fused-ring (bicyclic) bond motifs is 1. The summed E-state index contributed by atoms with van der Waals surface area (Å²) in [4.78, 5) is 6.91. The molecule has 3 aromatic rings. The van der Waals surface area contributed by atoms with Gasteiger partial charge in [-0.15, -0.1) is 0 Å². The summed E-state index contributed by atoms with van der Waals surface area (Å²) >= 11 is 6.19. The van der Waals surface area contributed by atoms with E-state index < -0.39 is 0 Å². The zero-order valence-corrected chi connectivity index (χ0v) is 16.8. The monoisotopic (exact) mass is 397 g/mol. The summed E-state index contributed by atoms with van der Waals surface area (Å²) in [5.74, 6) is 0.322. The molecule has 1 fully saturated rings. The van der Waals surface area contributed by atoms with Crippen LogP contribution in [0.25, 0.3) is 22.0 Å². The highest BCUT2D eigenvalue weighted by Gasteiger charge is 2.20. The Morgan fingerprint density at radius 1 is 1.14 bits per heavy atom. The van der Waals surface area contributed by atoms with Crippen molar-refractivity contribution in [3.63, 3.8) is 0 Å². The van der Waals surface area contributed by atoms with Crippen LogP contribution in [0.2, 0.25) is 5.02 Å². The van der Waals surface area contributed by atoms with Crippen LogP contribution in [0.5, 0.6) is 11.5 Å². The third-order valence-electron chi connectivity index (χ3n) is 5.54. The first-order valence-electron chi connectivity index (χ1n) is 9.47. The lowest BCUT2D eigenvalue weighted by molar-refractivity contribution is 0.374. The summed E-state index contributed by atoms with van der Waals surface area (Å²) < 4.78 is 5.26. The quantitative estimate of drug-likeness (QED) is 0.680. The summed E-state index contributed by atoms with van der Waals surface area (Å²) in [7, 11) is 3.68. The van der Waals surface area contributed by atoms with Crippen molar-refractivity contribution in [1.82, 2.24) is 10.3 Å². The first-order chi connectivity index (χ1) is 13.6. The second-order valence-corrected chi connectivity index (χ2v) is 7.57. The lowest BCUT2D eigenvalue weighted by atomic mass is 10.00. The molecule has 6 heteroatoms. The lowest BCUT2D eigenvalue weighted by Crippen LogP contribution is -2.41. The number of piperidine rings is 1. The van der Waals surface area contributed by atoms with E-state index in [0.717, 1.165) is 48.0 Å². The number of phenolic OH excluding ortho intramolecular Hbond substituents is 1. The number of ether oxygens (including phenoxy) is 1. The third kappa shape index (κ3) is 3.48. The lowest BCUT2D eigenvalue weighted by Gasteiger charge is -2.34. The molecule has 2 aromatic carbocycles. The highest BCUT2D eigenvalue weighted by Crippen LogP contribution is 2.39. The van der Waals surface area contributed by atoms with Gasteiger partial charge in [-0.05, 0) is 67.4 Å². The Balaban J connectivity index is 1.79. The highest BCUT2D eigenvalue weighted by atomic mass is 35.5. The van der Waals surface area contributed by atoms with E-state index in [1.54, 1.807) is 12.1 Å². The summed E-state index contributed by atoms with van der Waals surface area (Å²) in [6.45, 7) is 2.10. The second-order valence-electron chi connectivity index (χ2n) is 7.16. The molecule has 28 heavy (non-hydrogen) atoms. The van der Waals surface area contributed by atoms with Crippen LogP contribution in [0.1, 0.15) is 12.8 Å². The highest BCUT2D eigenvalue weighted by molar-refractivity contribution is 6.32. The van der Waals surface area contributed by atoms with Crippen molar-refractivity contribution in [3.05, 3.63) is 47.6 Å². The van der Waals surface area contributed by atoms with Crippen LogP contribution < -0.4 is 15.0 Å². The normalized spacial score (nSPS) is 15.0. The molecule has 0 unspecified atom stereocenters. The van der Waals surface area contributed by atoms with Gasteiger partial charge in [0.2, 0.25) is 0 Å². The first-order valence-corrected chi connectivity index (χ1v) is 9.85. The average molecular weight is 398 g/mol. The van der Waals surface area contributed by atoms with Crippen LogP contribution in [0, 0.1) is 0 Å². The van der Waals surface area contributed by atoms with Crippen molar-refractivity contribution in [2.45, 2.75) is 18.9 Å². The fourth-order valence-corrected chi connectivity index (χ4v) is 4.12. The van der Waals surface area contributed by atoms with Crippen LogP contribution >= 0.6 is 11.6 Å². The molecule has 0 spiro atoms. The average Bonchev–Trinajstić information content (AvgIpc) is 2.75. The fraction of sp³-hybridized carbons (Fsp3) is 0.318. The van der Waals surface area contributed by atoms with Crippen LogP contribution in [0.4, 0.5) is 5.69 Å². The van der Waals surface area contributed by atoms with E-state index in [1.807, 2.05) is 18.3 Å². The number of rotatable bonds is 4. The molecule has 0 aliphatic carbocycles. The van der Waals surface area contributed by atoms with Gasteiger partial charge in [-0.2, -0.15) is 0 Å². The zero-order valence-electron chi connectivity index (χ0n) is 16.1. The molecule has 4 rings (SSSR count). The van der Waals surface area contributed by atoms with Crippen molar-refractivity contribution >= 4 is 28.2 Å². The standard InChI is InChI=1S/C22H24ClN3O2/c1-26(16-5-8-24-9-6-16)20-7-10-25-19-4-3-14(11-17(19)20)15-12-18(23)22(27)21(13-15)28-2/h3-4,7,10-13,16,24,27H,5-6,8-9H2,1-2H3. The molecule has 0 bridgehead atoms. The summed E-state index contributed by atoms with van der Waals surface area (Å²) in [6.07, 6.45) is 4.13. The van der Waals surface area contributed by atoms with Gasteiger partial charge in [0.1, 0.15) is 0 Å². The Labute approximate surface area is 169 Å². The van der Waals surface area contributed by atoms with E-state index in [9.17, 15) is 5.11 Å². The van der Waals surface area contributed by atoms with Gasteiger partial charge in [0.05, 0.1) is 17.6 Å². The molecule has 0 amide bonds. The minimum absolute atomic E-state index is 0.0401. The SMILES string of the molecule is COc1cc(-c2ccc3nccc(N(C)C4CCNCC4)c3c2)cc(Cl)c1O. The number of nitrogens with one attached hydrogen (secondary N) is 1. The number of phenols is 1. The molecule has 1 aromatic heterocycles. The fourth-order valence-electron chi connectivity index (χ4n) is 3.91. The second kappa shape index (κ2) is 7.86. The molecule has 2 heterocycles. The zero-order chi connectivity index (χ0) is 19.7. The molecule has 0 radical (unpaired) electrons. The van der Waals surface area contributed by atoms with Gasteiger partial charge in [0.15, 0.2) is 11.5 Å². The summed E-state index contributed by atoms with van der Waals surface area (Å²) in [6, 6.07) is 12.3. The van der Waals surface area contributed by atoms with E-state index in [-0.39, 0.29) is 10.8 Å². The van der Waals surface area contributed by atoms with E-state index in [0.29, 0.717) is 11.8 Å². The Hall–Kier alpha value is -2.50. The molecular weight excluding hydrogens is 374 g/mol. The van der Waals surface area contributed by atoms with Crippen LogP contribution in [-0.4, -0.2) is 43.4 Å². The Morgan fingerprint density at radius 3 is 2.68 bits per heavy atom. The third-order valence-corrected chi connectivity index (χ3v) is 5.82.